The molecule has 2 atom stereocenters. The molecule has 0 saturated heterocycles. The normalized spacial score (nSPS) is 20.4. The molecule has 1 amide bonds. The number of carbonyl (C=O) groups excluding carboxylic acids is 1. The maximum Gasteiger partial charge on any atom is 0.240 e. The van der Waals surface area contributed by atoms with E-state index in [0.717, 1.165) is 18.4 Å². The number of nitrogens with zero attached hydrogens (tertiary/aromatic N) is 1. The van der Waals surface area contributed by atoms with Crippen molar-refractivity contribution < 1.29 is 4.79 Å². The number of hydrogen-bond acceptors (Lipinski definition) is 3. The molecule has 17 heavy (non-hydrogen) atoms. The van der Waals surface area contributed by atoms with Gasteiger partial charge in [0.05, 0.1) is 11.6 Å². The Morgan fingerprint density at radius 2 is 2.35 bits per heavy atom. The summed E-state index contributed by atoms with van der Waals surface area (Å²) in [4.78, 5) is 16.1. The average Bonchev–Trinajstić information content (AvgIpc) is 3.14. The fourth-order valence-corrected chi connectivity index (χ4v) is 1.94. The highest BCUT2D eigenvalue weighted by Gasteiger charge is 2.44. The Morgan fingerprint density at radius 1 is 1.65 bits per heavy atom. The number of nitrogens with one attached hydrogen (secondary N) is 1. The molecule has 1 heterocycles. The smallest absolute Gasteiger partial charge is 0.240 e. The maximum atomic E-state index is 12.1. The van der Waals surface area contributed by atoms with Gasteiger partial charge in [0.15, 0.2) is 0 Å². The van der Waals surface area contributed by atoms with Gasteiger partial charge in [-0.15, -0.1) is 0 Å². The number of amides is 1. The van der Waals surface area contributed by atoms with E-state index in [1.165, 1.54) is 0 Å². The average molecular weight is 233 g/mol. The lowest BCUT2D eigenvalue weighted by Gasteiger charge is -2.25. The van der Waals surface area contributed by atoms with Gasteiger partial charge in [0.25, 0.3) is 0 Å². The summed E-state index contributed by atoms with van der Waals surface area (Å²) in [5.74, 6) is 0.264. The summed E-state index contributed by atoms with van der Waals surface area (Å²) in [7, 11) is 0. The molecule has 1 aliphatic rings. The lowest BCUT2D eigenvalue weighted by Crippen LogP contribution is -2.53. The van der Waals surface area contributed by atoms with Crippen molar-refractivity contribution in [1.29, 1.82) is 0 Å². The Kier molecular flexibility index (Phi) is 3.15. The molecular formula is C13H19N3O. The fraction of sp³-hybridized carbons (Fsp3) is 0.538. The third-order valence-corrected chi connectivity index (χ3v) is 3.45. The van der Waals surface area contributed by atoms with Gasteiger partial charge in [0.2, 0.25) is 5.91 Å². The van der Waals surface area contributed by atoms with Crippen molar-refractivity contribution in [3.63, 3.8) is 0 Å². The Hall–Kier alpha value is -1.42. The molecule has 0 bridgehead atoms. The van der Waals surface area contributed by atoms with Gasteiger partial charge >= 0.3 is 0 Å². The van der Waals surface area contributed by atoms with E-state index in [1.54, 1.807) is 12.4 Å². The molecule has 3 N–H and O–H groups in total. The second-order valence-electron chi connectivity index (χ2n) is 5.04. The molecule has 2 rings (SSSR count). The zero-order chi connectivity index (χ0) is 12.5. The van der Waals surface area contributed by atoms with Gasteiger partial charge in [0.1, 0.15) is 0 Å². The van der Waals surface area contributed by atoms with Gasteiger partial charge in [-0.3, -0.25) is 9.78 Å². The van der Waals surface area contributed by atoms with E-state index in [4.69, 9.17) is 5.73 Å². The molecule has 1 aromatic rings. The predicted octanol–water partition coefficient (Wildman–Crippen LogP) is 1.39. The van der Waals surface area contributed by atoms with Gasteiger partial charge < -0.3 is 11.1 Å². The number of nitrogens with two attached hydrogens (primary N) is 1. The summed E-state index contributed by atoms with van der Waals surface area (Å²) in [6.45, 7) is 3.76. The fourth-order valence-electron chi connectivity index (χ4n) is 1.94. The second-order valence-corrected chi connectivity index (χ2v) is 5.04. The highest BCUT2D eigenvalue weighted by atomic mass is 16.2. The minimum atomic E-state index is -0.740. The maximum absolute atomic E-state index is 12.1. The van der Waals surface area contributed by atoms with E-state index in [9.17, 15) is 4.79 Å². The van der Waals surface area contributed by atoms with Crippen molar-refractivity contribution in [3.8, 4) is 0 Å². The Balaban J connectivity index is 1.99. The topological polar surface area (TPSA) is 68.0 Å². The number of aromatic nitrogens is 1. The summed E-state index contributed by atoms with van der Waals surface area (Å²) in [5.41, 5.74) is 6.32. The van der Waals surface area contributed by atoms with Crippen molar-refractivity contribution in [3.05, 3.63) is 30.1 Å². The Bertz CT molecular complexity index is 398. The molecular weight excluding hydrogens is 214 g/mol. The first-order valence-electron chi connectivity index (χ1n) is 6.01. The molecule has 0 aliphatic heterocycles. The molecule has 1 fully saturated rings. The number of hydrogen-bond donors (Lipinski definition) is 2. The van der Waals surface area contributed by atoms with Crippen molar-refractivity contribution in [2.75, 3.05) is 0 Å². The molecule has 0 spiro atoms. The molecule has 4 heteroatoms. The van der Waals surface area contributed by atoms with Crippen LogP contribution in [0.1, 0.15) is 38.3 Å². The van der Waals surface area contributed by atoms with E-state index >= 15 is 0 Å². The van der Waals surface area contributed by atoms with E-state index in [2.05, 4.69) is 10.3 Å². The molecule has 4 nitrogen and oxygen atoms in total. The van der Waals surface area contributed by atoms with Crippen LogP contribution in [-0.4, -0.2) is 16.4 Å². The predicted molar refractivity (Wildman–Crippen MR) is 66.1 cm³/mol. The van der Waals surface area contributed by atoms with Crippen LogP contribution >= 0.6 is 0 Å². The first-order valence-corrected chi connectivity index (χ1v) is 6.01. The lowest BCUT2D eigenvalue weighted by atomic mass is 9.95. The van der Waals surface area contributed by atoms with Crippen LogP contribution in [0.25, 0.3) is 0 Å². The van der Waals surface area contributed by atoms with Crippen molar-refractivity contribution in [2.45, 2.75) is 38.3 Å². The number of carbonyl (C=O) groups is 1. The van der Waals surface area contributed by atoms with Gasteiger partial charge in [-0.2, -0.15) is 0 Å². The van der Waals surface area contributed by atoms with Crippen molar-refractivity contribution in [1.82, 2.24) is 10.3 Å². The largest absolute Gasteiger partial charge is 0.348 e. The molecule has 0 radical (unpaired) electrons. The van der Waals surface area contributed by atoms with Crippen LogP contribution in [0.5, 0.6) is 0 Å². The number of pyridine rings is 1. The quantitative estimate of drug-likeness (QED) is 0.825. The summed E-state index contributed by atoms with van der Waals surface area (Å²) >= 11 is 0. The molecule has 92 valence electrons. The van der Waals surface area contributed by atoms with Crippen LogP contribution < -0.4 is 11.1 Å². The first-order chi connectivity index (χ1) is 8.01. The zero-order valence-electron chi connectivity index (χ0n) is 10.3. The molecule has 0 aromatic carbocycles. The van der Waals surface area contributed by atoms with E-state index < -0.39 is 5.54 Å². The second kappa shape index (κ2) is 4.45. The van der Waals surface area contributed by atoms with Crippen LogP contribution in [0.15, 0.2) is 24.5 Å². The van der Waals surface area contributed by atoms with Crippen LogP contribution in [0, 0.1) is 5.92 Å². The van der Waals surface area contributed by atoms with Crippen LogP contribution in [0.2, 0.25) is 0 Å². The first kappa shape index (κ1) is 12.0. The number of rotatable bonds is 4. The minimum absolute atomic E-state index is 0.0576. The van der Waals surface area contributed by atoms with Crippen LogP contribution in [-0.2, 0) is 4.79 Å². The van der Waals surface area contributed by atoms with Gasteiger partial charge in [-0.25, -0.2) is 0 Å². The monoisotopic (exact) mass is 233 g/mol. The highest BCUT2D eigenvalue weighted by molar-refractivity contribution is 5.86. The van der Waals surface area contributed by atoms with Gasteiger partial charge in [-0.05, 0) is 44.2 Å². The Morgan fingerprint density at radius 3 is 2.88 bits per heavy atom. The summed E-state index contributed by atoms with van der Waals surface area (Å²) in [6.07, 6.45) is 5.59. The van der Waals surface area contributed by atoms with Crippen LogP contribution in [0.3, 0.4) is 0 Å². The van der Waals surface area contributed by atoms with E-state index in [1.807, 2.05) is 26.0 Å². The van der Waals surface area contributed by atoms with E-state index in [0.29, 0.717) is 5.92 Å². The standard InChI is InChI=1S/C13H19N3O/c1-9(10-4-3-7-15-8-10)16-12(17)13(2,14)11-5-6-11/h3-4,7-9,11H,5-6,14H2,1-2H3,(H,16,17). The SMILES string of the molecule is CC(NC(=O)C(C)(N)C1CC1)c1cccnc1. The minimum Gasteiger partial charge on any atom is -0.348 e. The molecule has 2 unspecified atom stereocenters. The molecule has 1 aliphatic carbocycles. The summed E-state index contributed by atoms with van der Waals surface area (Å²) in [5, 5.41) is 2.95. The van der Waals surface area contributed by atoms with E-state index in [-0.39, 0.29) is 11.9 Å². The summed E-state index contributed by atoms with van der Waals surface area (Å²) in [6, 6.07) is 3.75. The summed E-state index contributed by atoms with van der Waals surface area (Å²) < 4.78 is 0. The molecule has 1 aromatic heterocycles. The van der Waals surface area contributed by atoms with Crippen molar-refractivity contribution >= 4 is 5.91 Å². The third-order valence-electron chi connectivity index (χ3n) is 3.45. The van der Waals surface area contributed by atoms with Crippen LogP contribution in [0.4, 0.5) is 0 Å². The third kappa shape index (κ3) is 2.64. The molecule has 1 saturated carbocycles. The van der Waals surface area contributed by atoms with Gasteiger partial charge in [-0.1, -0.05) is 6.07 Å². The van der Waals surface area contributed by atoms with Crippen molar-refractivity contribution in [2.24, 2.45) is 11.7 Å². The Labute approximate surface area is 102 Å². The zero-order valence-corrected chi connectivity index (χ0v) is 10.3. The lowest BCUT2D eigenvalue weighted by molar-refractivity contribution is -0.127. The highest BCUT2D eigenvalue weighted by Crippen LogP contribution is 2.38. The van der Waals surface area contributed by atoms with Gasteiger partial charge in [0, 0.05) is 12.4 Å².